The Balaban J connectivity index is 1.45. The molecule has 0 aromatic carbocycles. The minimum Gasteiger partial charge on any atom is -0.364 e. The van der Waals surface area contributed by atoms with Crippen LogP contribution in [0.1, 0.15) is 43.3 Å². The van der Waals surface area contributed by atoms with Gasteiger partial charge in [0.15, 0.2) is 0 Å². The second-order valence-corrected chi connectivity index (χ2v) is 7.39. The highest BCUT2D eigenvalue weighted by molar-refractivity contribution is 5.73. The Morgan fingerprint density at radius 2 is 1.93 bits per heavy atom. The molecule has 0 bridgehead atoms. The summed E-state index contributed by atoms with van der Waals surface area (Å²) in [5, 5.41) is 8.09. The van der Waals surface area contributed by atoms with Crippen molar-refractivity contribution in [2.24, 2.45) is 0 Å². The van der Waals surface area contributed by atoms with Gasteiger partial charge in [0.1, 0.15) is 5.82 Å². The Morgan fingerprint density at radius 1 is 1.11 bits per heavy atom. The summed E-state index contributed by atoms with van der Waals surface area (Å²) in [5.74, 6) is 1.76. The van der Waals surface area contributed by atoms with Crippen LogP contribution < -0.4 is 10.2 Å². The van der Waals surface area contributed by atoms with Gasteiger partial charge in [-0.3, -0.25) is 9.48 Å². The number of carbonyl (C=O) groups is 1. The van der Waals surface area contributed by atoms with Crippen molar-refractivity contribution in [3.8, 4) is 0 Å². The molecule has 1 fully saturated rings. The van der Waals surface area contributed by atoms with Crippen LogP contribution in [0.5, 0.6) is 0 Å². The van der Waals surface area contributed by atoms with Gasteiger partial charge < -0.3 is 15.1 Å². The van der Waals surface area contributed by atoms with Gasteiger partial charge in [-0.05, 0) is 32.3 Å². The SMILES string of the molecule is CC(=O)N1CCCn2nc(CNc3cc(C)nc(N4CCCC4)n3)cc2C1. The summed E-state index contributed by atoms with van der Waals surface area (Å²) in [6, 6.07) is 4.06. The third kappa shape index (κ3) is 4.04. The Bertz CT molecular complexity index is 825. The Morgan fingerprint density at radius 3 is 2.70 bits per heavy atom. The van der Waals surface area contributed by atoms with Gasteiger partial charge in [-0.25, -0.2) is 4.98 Å². The van der Waals surface area contributed by atoms with Gasteiger partial charge in [0.2, 0.25) is 11.9 Å². The number of hydrogen-bond acceptors (Lipinski definition) is 6. The first-order chi connectivity index (χ1) is 13.1. The van der Waals surface area contributed by atoms with E-state index in [0.29, 0.717) is 13.1 Å². The molecule has 0 saturated carbocycles. The Labute approximate surface area is 159 Å². The van der Waals surface area contributed by atoms with E-state index in [2.05, 4.69) is 26.3 Å². The van der Waals surface area contributed by atoms with Crippen molar-refractivity contribution >= 4 is 17.7 Å². The third-order valence-corrected chi connectivity index (χ3v) is 5.19. The van der Waals surface area contributed by atoms with Gasteiger partial charge in [-0.15, -0.1) is 0 Å². The summed E-state index contributed by atoms with van der Waals surface area (Å²) in [5.41, 5.74) is 3.03. The molecule has 2 aromatic heterocycles. The molecule has 144 valence electrons. The van der Waals surface area contributed by atoms with Gasteiger partial charge in [-0.2, -0.15) is 10.1 Å². The monoisotopic (exact) mass is 369 g/mol. The van der Waals surface area contributed by atoms with E-state index in [1.54, 1.807) is 6.92 Å². The molecule has 2 aliphatic rings. The summed E-state index contributed by atoms with van der Waals surface area (Å²) in [7, 11) is 0. The van der Waals surface area contributed by atoms with Crippen LogP contribution in [0, 0.1) is 6.92 Å². The topological polar surface area (TPSA) is 79.2 Å². The Hall–Kier alpha value is -2.64. The van der Waals surface area contributed by atoms with E-state index in [-0.39, 0.29) is 5.91 Å². The molecule has 8 heteroatoms. The third-order valence-electron chi connectivity index (χ3n) is 5.19. The maximum absolute atomic E-state index is 11.7. The first kappa shape index (κ1) is 17.8. The molecule has 4 heterocycles. The van der Waals surface area contributed by atoms with E-state index in [9.17, 15) is 4.79 Å². The predicted octanol–water partition coefficient (Wildman–Crippen LogP) is 1.95. The molecule has 2 aromatic rings. The molecule has 8 nitrogen and oxygen atoms in total. The normalized spacial score (nSPS) is 17.0. The van der Waals surface area contributed by atoms with Crippen LogP contribution in [0.4, 0.5) is 11.8 Å². The van der Waals surface area contributed by atoms with Gasteiger partial charge in [-0.1, -0.05) is 0 Å². The number of hydrogen-bond donors (Lipinski definition) is 1. The molecule has 0 unspecified atom stereocenters. The molecule has 4 rings (SSSR count). The summed E-state index contributed by atoms with van der Waals surface area (Å²) in [6.45, 7) is 8.58. The number of aromatic nitrogens is 4. The summed E-state index contributed by atoms with van der Waals surface area (Å²) >= 11 is 0. The molecule has 2 aliphatic heterocycles. The molecule has 0 atom stereocenters. The molecule has 1 N–H and O–H groups in total. The molecule has 27 heavy (non-hydrogen) atoms. The van der Waals surface area contributed by atoms with Crippen molar-refractivity contribution in [2.75, 3.05) is 29.9 Å². The number of anilines is 2. The lowest BCUT2D eigenvalue weighted by Gasteiger charge is -2.17. The average molecular weight is 369 g/mol. The van der Waals surface area contributed by atoms with Gasteiger partial charge >= 0.3 is 0 Å². The van der Waals surface area contributed by atoms with Crippen LogP contribution in [0.25, 0.3) is 0 Å². The minimum atomic E-state index is 0.121. The summed E-state index contributed by atoms with van der Waals surface area (Å²) in [4.78, 5) is 25.1. The second-order valence-electron chi connectivity index (χ2n) is 7.39. The number of aryl methyl sites for hydroxylation is 2. The lowest BCUT2D eigenvalue weighted by molar-refractivity contribution is -0.129. The van der Waals surface area contributed by atoms with Crippen LogP contribution in [0.2, 0.25) is 0 Å². The fourth-order valence-electron chi connectivity index (χ4n) is 3.76. The molecular formula is C19H27N7O. The van der Waals surface area contributed by atoms with Crippen molar-refractivity contribution in [1.29, 1.82) is 0 Å². The molecule has 1 amide bonds. The second kappa shape index (κ2) is 7.54. The van der Waals surface area contributed by atoms with E-state index < -0.39 is 0 Å². The van der Waals surface area contributed by atoms with Crippen LogP contribution in [0.3, 0.4) is 0 Å². The number of rotatable bonds is 4. The smallest absolute Gasteiger partial charge is 0.227 e. The zero-order valence-corrected chi connectivity index (χ0v) is 16.1. The quantitative estimate of drug-likeness (QED) is 0.887. The lowest BCUT2D eigenvalue weighted by Crippen LogP contribution is -2.28. The highest BCUT2D eigenvalue weighted by Gasteiger charge is 2.19. The highest BCUT2D eigenvalue weighted by Crippen LogP contribution is 2.19. The Kier molecular flexibility index (Phi) is 4.96. The first-order valence-electron chi connectivity index (χ1n) is 9.74. The van der Waals surface area contributed by atoms with Gasteiger partial charge in [0.25, 0.3) is 0 Å². The van der Waals surface area contributed by atoms with E-state index in [1.807, 2.05) is 22.6 Å². The molecule has 1 saturated heterocycles. The lowest BCUT2D eigenvalue weighted by atomic mass is 10.3. The number of nitrogens with one attached hydrogen (secondary N) is 1. The van der Waals surface area contributed by atoms with Gasteiger partial charge in [0.05, 0.1) is 24.5 Å². The number of carbonyl (C=O) groups excluding carboxylic acids is 1. The fourth-order valence-corrected chi connectivity index (χ4v) is 3.76. The first-order valence-corrected chi connectivity index (χ1v) is 9.74. The van der Waals surface area contributed by atoms with E-state index in [1.165, 1.54) is 12.8 Å². The average Bonchev–Trinajstić information content (AvgIpc) is 3.25. The van der Waals surface area contributed by atoms with Crippen molar-refractivity contribution in [2.45, 2.75) is 52.7 Å². The summed E-state index contributed by atoms with van der Waals surface area (Å²) < 4.78 is 2.03. The van der Waals surface area contributed by atoms with Gasteiger partial charge in [0, 0.05) is 44.9 Å². The molecule has 0 spiro atoms. The van der Waals surface area contributed by atoms with Crippen LogP contribution >= 0.6 is 0 Å². The van der Waals surface area contributed by atoms with Crippen molar-refractivity contribution in [3.05, 3.63) is 29.2 Å². The van der Waals surface area contributed by atoms with Crippen LogP contribution in [-0.4, -0.2) is 50.2 Å². The molecule has 0 aliphatic carbocycles. The highest BCUT2D eigenvalue weighted by atomic mass is 16.2. The van der Waals surface area contributed by atoms with E-state index in [4.69, 9.17) is 5.10 Å². The predicted molar refractivity (Wildman–Crippen MR) is 103 cm³/mol. The van der Waals surface area contributed by atoms with Crippen LogP contribution in [-0.2, 0) is 24.4 Å². The van der Waals surface area contributed by atoms with Crippen LogP contribution in [0.15, 0.2) is 12.1 Å². The maximum Gasteiger partial charge on any atom is 0.227 e. The van der Waals surface area contributed by atoms with Crippen molar-refractivity contribution < 1.29 is 4.79 Å². The zero-order chi connectivity index (χ0) is 18.8. The van der Waals surface area contributed by atoms with E-state index in [0.717, 1.165) is 61.4 Å². The maximum atomic E-state index is 11.7. The minimum absolute atomic E-state index is 0.121. The van der Waals surface area contributed by atoms with Crippen molar-refractivity contribution in [3.63, 3.8) is 0 Å². The molecular weight excluding hydrogens is 342 g/mol. The number of nitrogens with zero attached hydrogens (tertiary/aromatic N) is 6. The number of fused-ring (bicyclic) bond motifs is 1. The van der Waals surface area contributed by atoms with E-state index >= 15 is 0 Å². The number of amides is 1. The summed E-state index contributed by atoms with van der Waals surface area (Å²) in [6.07, 6.45) is 3.35. The fraction of sp³-hybridized carbons (Fsp3) is 0.579. The zero-order valence-electron chi connectivity index (χ0n) is 16.1. The molecule has 0 radical (unpaired) electrons. The largest absolute Gasteiger partial charge is 0.364 e. The standard InChI is InChI=1S/C19H27N7O/c1-14-10-18(22-19(21-14)24-6-3-4-7-24)20-12-16-11-17-13-25(15(2)27)8-5-9-26(17)23-16/h10-11H,3-9,12-13H2,1-2H3,(H,20,21,22). The van der Waals surface area contributed by atoms with Crippen molar-refractivity contribution in [1.82, 2.24) is 24.6 Å².